The van der Waals surface area contributed by atoms with Crippen LogP contribution in [0.5, 0.6) is 0 Å². The van der Waals surface area contributed by atoms with Crippen LogP contribution in [0.4, 0.5) is 4.79 Å². The van der Waals surface area contributed by atoms with Crippen LogP contribution < -0.4 is 5.32 Å². The summed E-state index contributed by atoms with van der Waals surface area (Å²) in [6.45, 7) is 5.13. The largest absolute Gasteiger partial charge is 0.444 e. The quantitative estimate of drug-likeness (QED) is 0.370. The van der Waals surface area contributed by atoms with Crippen LogP contribution in [0.15, 0.2) is 0 Å². The maximum atomic E-state index is 11.1. The number of rotatable bonds is 4. The second-order valence-electron chi connectivity index (χ2n) is 3.78. The molecular weight excluding hydrogens is 313 g/mol. The number of ether oxygens (including phenoxy) is 2. The Labute approximate surface area is 103 Å². The van der Waals surface area contributed by atoms with Gasteiger partial charge >= 0.3 is 12.1 Å². The van der Waals surface area contributed by atoms with E-state index in [4.69, 9.17) is 9.47 Å². The van der Waals surface area contributed by atoms with E-state index < -0.39 is 11.7 Å². The van der Waals surface area contributed by atoms with Gasteiger partial charge in [-0.3, -0.25) is 10.1 Å². The fraction of sp³-hybridized carbons (Fsp3) is 0.778. The van der Waals surface area contributed by atoms with Gasteiger partial charge in [-0.05, 0) is 20.8 Å². The molecule has 0 saturated heterocycles. The Balaban J connectivity index is 3.60. The third-order valence-corrected chi connectivity index (χ3v) is 1.69. The Bertz CT molecular complexity index is 225. The predicted octanol–water partition coefficient (Wildman–Crippen LogP) is 1.84. The van der Waals surface area contributed by atoms with Crippen LogP contribution >= 0.6 is 22.6 Å². The van der Waals surface area contributed by atoms with Crippen molar-refractivity contribution in [2.75, 3.05) is 11.2 Å². The molecular formula is C9H16INO4. The number of hydrogen-bond donors (Lipinski definition) is 1. The van der Waals surface area contributed by atoms with Crippen molar-refractivity contribution in [1.82, 2.24) is 5.32 Å². The van der Waals surface area contributed by atoms with Gasteiger partial charge in [-0.2, -0.15) is 0 Å². The summed E-state index contributed by atoms with van der Waals surface area (Å²) in [6, 6.07) is 0. The van der Waals surface area contributed by atoms with Crippen LogP contribution in [0.25, 0.3) is 0 Å². The minimum atomic E-state index is -0.593. The molecule has 5 nitrogen and oxygen atoms in total. The van der Waals surface area contributed by atoms with Crippen molar-refractivity contribution >= 4 is 34.7 Å². The minimum Gasteiger partial charge on any atom is -0.444 e. The third-order valence-electron chi connectivity index (χ3n) is 1.15. The van der Waals surface area contributed by atoms with Crippen LogP contribution in [0.2, 0.25) is 0 Å². The van der Waals surface area contributed by atoms with Gasteiger partial charge in [0.1, 0.15) is 5.60 Å². The van der Waals surface area contributed by atoms with Crippen LogP contribution in [-0.4, -0.2) is 28.8 Å². The van der Waals surface area contributed by atoms with E-state index in [1.54, 1.807) is 20.8 Å². The summed E-state index contributed by atoms with van der Waals surface area (Å²) in [6.07, 6.45) is -0.249. The first-order valence-electron chi connectivity index (χ1n) is 4.53. The number of alkyl carbamates (subject to hydrolysis) is 1. The number of esters is 1. The number of nitrogens with one attached hydrogen (secondary N) is 1. The fourth-order valence-corrected chi connectivity index (χ4v) is 1.08. The normalized spacial score (nSPS) is 10.7. The summed E-state index contributed by atoms with van der Waals surface area (Å²) in [7, 11) is 0. The Hall–Kier alpha value is -0.530. The van der Waals surface area contributed by atoms with E-state index in [9.17, 15) is 9.59 Å². The molecule has 6 heteroatoms. The molecule has 0 aromatic carbocycles. The lowest BCUT2D eigenvalue weighted by molar-refractivity contribution is -0.143. The molecule has 0 aliphatic heterocycles. The molecule has 0 atom stereocenters. The van der Waals surface area contributed by atoms with Gasteiger partial charge in [-0.1, -0.05) is 22.6 Å². The lowest BCUT2D eigenvalue weighted by Gasteiger charge is -2.19. The Kier molecular flexibility index (Phi) is 6.62. The molecule has 1 N–H and O–H groups in total. The third kappa shape index (κ3) is 9.77. The molecule has 0 bridgehead atoms. The van der Waals surface area contributed by atoms with Gasteiger partial charge in [-0.25, -0.2) is 4.79 Å². The predicted molar refractivity (Wildman–Crippen MR) is 63.8 cm³/mol. The molecule has 0 aromatic heterocycles. The molecule has 0 spiro atoms. The summed E-state index contributed by atoms with van der Waals surface area (Å²) < 4.78 is 10.3. The van der Waals surface area contributed by atoms with Crippen molar-refractivity contribution in [2.45, 2.75) is 32.8 Å². The maximum absolute atomic E-state index is 11.1. The molecule has 0 heterocycles. The van der Waals surface area contributed by atoms with Crippen molar-refractivity contribution < 1.29 is 19.1 Å². The Morgan fingerprint density at radius 2 is 1.93 bits per heavy atom. The van der Waals surface area contributed by atoms with Crippen molar-refractivity contribution in [3.63, 3.8) is 0 Å². The summed E-state index contributed by atoms with van der Waals surface area (Å²) in [5.74, 6) is -0.333. The maximum Gasteiger partial charge on any atom is 0.410 e. The summed E-state index contributed by atoms with van der Waals surface area (Å²) in [5, 5.41) is 2.32. The van der Waals surface area contributed by atoms with Crippen LogP contribution in [0.3, 0.4) is 0 Å². The average Bonchev–Trinajstić information content (AvgIpc) is 2.00. The summed E-state index contributed by atoms with van der Waals surface area (Å²) in [4.78, 5) is 22.0. The van der Waals surface area contributed by atoms with E-state index >= 15 is 0 Å². The molecule has 0 radical (unpaired) electrons. The zero-order chi connectivity index (χ0) is 11.9. The highest BCUT2D eigenvalue weighted by Crippen LogP contribution is 2.06. The summed E-state index contributed by atoms with van der Waals surface area (Å²) >= 11 is 2.07. The van der Waals surface area contributed by atoms with E-state index in [0.717, 1.165) is 0 Å². The monoisotopic (exact) mass is 329 g/mol. The van der Waals surface area contributed by atoms with E-state index in [1.807, 2.05) is 0 Å². The molecule has 0 saturated carbocycles. The molecule has 0 aromatic rings. The van der Waals surface area contributed by atoms with E-state index in [2.05, 4.69) is 27.9 Å². The number of alkyl halides is 1. The smallest absolute Gasteiger partial charge is 0.410 e. The number of carbonyl (C=O) groups is 2. The van der Waals surface area contributed by atoms with Crippen molar-refractivity contribution in [2.24, 2.45) is 0 Å². The van der Waals surface area contributed by atoms with Crippen molar-refractivity contribution in [1.29, 1.82) is 0 Å². The lowest BCUT2D eigenvalue weighted by atomic mass is 10.2. The number of amides is 1. The van der Waals surface area contributed by atoms with Crippen LogP contribution in [0.1, 0.15) is 27.2 Å². The second kappa shape index (κ2) is 6.86. The Morgan fingerprint density at radius 3 is 2.40 bits per heavy atom. The highest BCUT2D eigenvalue weighted by atomic mass is 127. The molecule has 15 heavy (non-hydrogen) atoms. The number of halogens is 1. The second-order valence-corrected chi connectivity index (χ2v) is 4.86. The standard InChI is InChI=1S/C9H16INO4/c1-9(2,3)15-8(13)11-6-14-7(12)4-5-10/h4-6H2,1-3H3,(H,11,13). The molecule has 0 fully saturated rings. The van der Waals surface area contributed by atoms with Crippen molar-refractivity contribution in [3.8, 4) is 0 Å². The van der Waals surface area contributed by atoms with Gasteiger partial charge in [0.15, 0.2) is 6.73 Å². The van der Waals surface area contributed by atoms with Gasteiger partial charge in [0.05, 0.1) is 6.42 Å². The molecule has 88 valence electrons. The lowest BCUT2D eigenvalue weighted by Crippen LogP contribution is -2.34. The van der Waals surface area contributed by atoms with Crippen LogP contribution in [0, 0.1) is 0 Å². The Morgan fingerprint density at radius 1 is 1.33 bits per heavy atom. The van der Waals surface area contributed by atoms with Gasteiger partial charge in [0.25, 0.3) is 0 Å². The average molecular weight is 329 g/mol. The zero-order valence-electron chi connectivity index (χ0n) is 9.13. The number of carbonyl (C=O) groups excluding carboxylic acids is 2. The topological polar surface area (TPSA) is 64.6 Å². The molecule has 0 aliphatic carbocycles. The first kappa shape index (κ1) is 14.5. The molecule has 1 amide bonds. The highest BCUT2D eigenvalue weighted by Gasteiger charge is 2.15. The molecule has 0 aliphatic rings. The van der Waals surface area contributed by atoms with Gasteiger partial charge in [0.2, 0.25) is 0 Å². The summed E-state index contributed by atoms with van der Waals surface area (Å²) in [5.41, 5.74) is -0.545. The fourth-order valence-electron chi connectivity index (χ4n) is 0.639. The first-order valence-corrected chi connectivity index (χ1v) is 6.06. The molecule has 0 unspecified atom stereocenters. The van der Waals surface area contributed by atoms with Crippen molar-refractivity contribution in [3.05, 3.63) is 0 Å². The minimum absolute atomic E-state index is 0.148. The van der Waals surface area contributed by atoms with E-state index in [0.29, 0.717) is 10.8 Å². The highest BCUT2D eigenvalue weighted by molar-refractivity contribution is 14.1. The number of hydrogen-bond acceptors (Lipinski definition) is 4. The first-order chi connectivity index (χ1) is 6.85. The van der Waals surface area contributed by atoms with Gasteiger partial charge in [0, 0.05) is 4.43 Å². The van der Waals surface area contributed by atoms with E-state index in [-0.39, 0.29) is 12.7 Å². The van der Waals surface area contributed by atoms with Gasteiger partial charge in [-0.15, -0.1) is 0 Å². The zero-order valence-corrected chi connectivity index (χ0v) is 11.3. The van der Waals surface area contributed by atoms with Crippen LogP contribution in [-0.2, 0) is 14.3 Å². The SMILES string of the molecule is CC(C)(C)OC(=O)NCOC(=O)CCI. The molecule has 0 rings (SSSR count). The van der Waals surface area contributed by atoms with Gasteiger partial charge < -0.3 is 9.47 Å². The van der Waals surface area contributed by atoms with E-state index in [1.165, 1.54) is 0 Å².